The Kier molecular flexibility index (Phi) is 4.13. The minimum absolute atomic E-state index is 0.181. The van der Waals surface area contributed by atoms with Crippen LogP contribution in [0.1, 0.15) is 50.8 Å². The summed E-state index contributed by atoms with van der Waals surface area (Å²) in [4.78, 5) is 4.04. The van der Waals surface area contributed by atoms with Gasteiger partial charge < -0.3 is 14.6 Å². The summed E-state index contributed by atoms with van der Waals surface area (Å²) in [6, 6.07) is 0.582. The first-order valence-corrected chi connectivity index (χ1v) is 7.49. The zero-order chi connectivity index (χ0) is 13.0. The summed E-state index contributed by atoms with van der Waals surface area (Å²) in [6.07, 6.45) is 11.0. The van der Waals surface area contributed by atoms with E-state index in [4.69, 9.17) is 9.26 Å². The third kappa shape index (κ3) is 3.34. The van der Waals surface area contributed by atoms with Crippen molar-refractivity contribution in [2.75, 3.05) is 13.2 Å². The van der Waals surface area contributed by atoms with E-state index in [2.05, 4.69) is 15.5 Å². The zero-order valence-electron chi connectivity index (χ0n) is 11.4. The van der Waals surface area contributed by atoms with Gasteiger partial charge in [-0.3, -0.25) is 0 Å². The molecule has 106 valence electrons. The normalized spacial score (nSPS) is 26.6. The molecule has 2 fully saturated rings. The van der Waals surface area contributed by atoms with Crippen molar-refractivity contribution in [1.29, 1.82) is 0 Å². The molecule has 1 aliphatic heterocycles. The standard InChI is InChI=1S/C14H23N3O2/c1-2-6-14(7-3-1)10-12(5-9-18-14)15-8-4-13-16-11-19-17-13/h11-12,15H,1-10H2. The SMILES string of the molecule is c1nc(CCNC2CCOC3(CCCCC3)C2)no1. The maximum Gasteiger partial charge on any atom is 0.213 e. The molecule has 1 aromatic rings. The lowest BCUT2D eigenvalue weighted by Gasteiger charge is -2.43. The molecule has 5 heteroatoms. The van der Waals surface area contributed by atoms with Crippen molar-refractivity contribution in [3.8, 4) is 0 Å². The van der Waals surface area contributed by atoms with Gasteiger partial charge in [-0.1, -0.05) is 24.4 Å². The van der Waals surface area contributed by atoms with Crippen LogP contribution < -0.4 is 5.32 Å². The number of ether oxygens (including phenoxy) is 1. The topological polar surface area (TPSA) is 60.2 Å². The number of nitrogens with one attached hydrogen (secondary N) is 1. The van der Waals surface area contributed by atoms with Gasteiger partial charge in [0.05, 0.1) is 5.60 Å². The van der Waals surface area contributed by atoms with Crippen LogP contribution in [0.25, 0.3) is 0 Å². The van der Waals surface area contributed by atoms with Gasteiger partial charge in [0.2, 0.25) is 6.39 Å². The lowest BCUT2D eigenvalue weighted by atomic mass is 9.78. The van der Waals surface area contributed by atoms with Crippen molar-refractivity contribution in [2.24, 2.45) is 0 Å². The van der Waals surface area contributed by atoms with Gasteiger partial charge in [-0.05, 0) is 25.7 Å². The molecule has 1 aliphatic carbocycles. The summed E-state index contributed by atoms with van der Waals surface area (Å²) in [5, 5.41) is 7.46. The second kappa shape index (κ2) is 6.01. The van der Waals surface area contributed by atoms with Crippen LogP contribution in [0.4, 0.5) is 0 Å². The van der Waals surface area contributed by atoms with Crippen LogP contribution in [0.3, 0.4) is 0 Å². The molecule has 2 aliphatic rings. The second-order valence-electron chi connectivity index (χ2n) is 5.83. The first-order chi connectivity index (χ1) is 9.36. The monoisotopic (exact) mass is 265 g/mol. The molecule has 5 nitrogen and oxygen atoms in total. The number of hydrogen-bond donors (Lipinski definition) is 1. The number of hydrogen-bond acceptors (Lipinski definition) is 5. The van der Waals surface area contributed by atoms with Crippen molar-refractivity contribution >= 4 is 0 Å². The average Bonchev–Trinajstić information content (AvgIpc) is 2.93. The third-order valence-corrected chi connectivity index (χ3v) is 4.45. The Labute approximate surface area is 114 Å². The van der Waals surface area contributed by atoms with Gasteiger partial charge in [-0.15, -0.1) is 0 Å². The second-order valence-corrected chi connectivity index (χ2v) is 5.83. The van der Waals surface area contributed by atoms with Crippen LogP contribution in [0.15, 0.2) is 10.9 Å². The highest BCUT2D eigenvalue weighted by Gasteiger charge is 2.38. The third-order valence-electron chi connectivity index (χ3n) is 4.45. The minimum atomic E-state index is 0.181. The number of nitrogens with zero attached hydrogens (tertiary/aromatic N) is 2. The van der Waals surface area contributed by atoms with Gasteiger partial charge in [-0.2, -0.15) is 4.98 Å². The maximum atomic E-state index is 6.11. The van der Waals surface area contributed by atoms with E-state index in [-0.39, 0.29) is 5.60 Å². The van der Waals surface area contributed by atoms with E-state index in [1.807, 2.05) is 0 Å². The maximum absolute atomic E-state index is 6.11. The number of aromatic nitrogens is 2. The van der Waals surface area contributed by atoms with E-state index in [1.54, 1.807) is 0 Å². The quantitative estimate of drug-likeness (QED) is 0.903. The van der Waals surface area contributed by atoms with E-state index in [1.165, 1.54) is 44.9 Å². The fourth-order valence-corrected chi connectivity index (χ4v) is 3.44. The largest absolute Gasteiger partial charge is 0.375 e. The van der Waals surface area contributed by atoms with Gasteiger partial charge >= 0.3 is 0 Å². The smallest absolute Gasteiger partial charge is 0.213 e. The molecule has 19 heavy (non-hydrogen) atoms. The molecule has 1 spiro atoms. The van der Waals surface area contributed by atoms with Crippen LogP contribution in [-0.2, 0) is 11.2 Å². The molecule has 1 saturated carbocycles. The van der Waals surface area contributed by atoms with Crippen LogP contribution in [0.5, 0.6) is 0 Å². The first kappa shape index (κ1) is 13.1. The molecule has 0 bridgehead atoms. The fourth-order valence-electron chi connectivity index (χ4n) is 3.44. The van der Waals surface area contributed by atoms with Crippen molar-refractivity contribution in [3.63, 3.8) is 0 Å². The highest BCUT2D eigenvalue weighted by Crippen LogP contribution is 2.38. The summed E-state index contributed by atoms with van der Waals surface area (Å²) in [7, 11) is 0. The summed E-state index contributed by atoms with van der Waals surface area (Å²) in [6.45, 7) is 1.82. The van der Waals surface area contributed by atoms with Crippen LogP contribution in [-0.4, -0.2) is 34.9 Å². The van der Waals surface area contributed by atoms with Gasteiger partial charge in [0.25, 0.3) is 0 Å². The van der Waals surface area contributed by atoms with Gasteiger partial charge in [0, 0.05) is 25.6 Å². The summed E-state index contributed by atoms with van der Waals surface area (Å²) in [5.74, 6) is 0.784. The Bertz CT molecular complexity index is 369. The van der Waals surface area contributed by atoms with E-state index in [0.29, 0.717) is 6.04 Å². The molecule has 1 aromatic heterocycles. The molecule has 2 heterocycles. The Morgan fingerprint density at radius 1 is 1.32 bits per heavy atom. The molecule has 0 amide bonds. The minimum Gasteiger partial charge on any atom is -0.375 e. The van der Waals surface area contributed by atoms with Crippen molar-refractivity contribution < 1.29 is 9.26 Å². The molecular weight excluding hydrogens is 242 g/mol. The Balaban J connectivity index is 1.45. The van der Waals surface area contributed by atoms with Crippen LogP contribution in [0, 0.1) is 0 Å². The Hall–Kier alpha value is -0.940. The van der Waals surface area contributed by atoms with Gasteiger partial charge in [0.15, 0.2) is 5.82 Å². The van der Waals surface area contributed by atoms with Gasteiger partial charge in [0.1, 0.15) is 0 Å². The molecular formula is C14H23N3O2. The number of rotatable bonds is 4. The summed E-state index contributed by atoms with van der Waals surface area (Å²) < 4.78 is 10.8. The highest BCUT2D eigenvalue weighted by atomic mass is 16.5. The first-order valence-electron chi connectivity index (χ1n) is 7.49. The molecule has 0 radical (unpaired) electrons. The van der Waals surface area contributed by atoms with Crippen LogP contribution in [0.2, 0.25) is 0 Å². The average molecular weight is 265 g/mol. The lowest BCUT2D eigenvalue weighted by molar-refractivity contribution is -0.109. The predicted molar refractivity (Wildman–Crippen MR) is 70.8 cm³/mol. The molecule has 1 saturated heterocycles. The van der Waals surface area contributed by atoms with Crippen LogP contribution >= 0.6 is 0 Å². The Morgan fingerprint density at radius 2 is 2.21 bits per heavy atom. The molecule has 1 unspecified atom stereocenters. The fraction of sp³-hybridized carbons (Fsp3) is 0.857. The molecule has 1 atom stereocenters. The Morgan fingerprint density at radius 3 is 3.00 bits per heavy atom. The predicted octanol–water partition coefficient (Wildman–Crippen LogP) is 2.08. The van der Waals surface area contributed by atoms with Crippen molar-refractivity contribution in [2.45, 2.75) is 63.0 Å². The molecule has 0 aromatic carbocycles. The van der Waals surface area contributed by atoms with Gasteiger partial charge in [-0.25, -0.2) is 0 Å². The lowest BCUT2D eigenvalue weighted by Crippen LogP contribution is -2.48. The van der Waals surface area contributed by atoms with E-state index in [0.717, 1.165) is 31.8 Å². The summed E-state index contributed by atoms with van der Waals surface area (Å²) in [5.41, 5.74) is 0.181. The summed E-state index contributed by atoms with van der Waals surface area (Å²) >= 11 is 0. The molecule has 1 N–H and O–H groups in total. The zero-order valence-corrected chi connectivity index (χ0v) is 11.4. The van der Waals surface area contributed by atoms with E-state index < -0.39 is 0 Å². The van der Waals surface area contributed by atoms with E-state index >= 15 is 0 Å². The van der Waals surface area contributed by atoms with Crippen molar-refractivity contribution in [1.82, 2.24) is 15.5 Å². The van der Waals surface area contributed by atoms with E-state index in [9.17, 15) is 0 Å². The van der Waals surface area contributed by atoms with Crippen molar-refractivity contribution in [3.05, 3.63) is 12.2 Å². The molecule has 3 rings (SSSR count). The highest BCUT2D eigenvalue weighted by molar-refractivity contribution is 4.92.